The molecule has 0 bridgehead atoms. The minimum absolute atomic E-state index is 0.309. The van der Waals surface area contributed by atoms with Crippen molar-refractivity contribution >= 4 is 21.9 Å². The van der Waals surface area contributed by atoms with Gasteiger partial charge in [0.2, 0.25) is 0 Å². The first-order valence-corrected chi connectivity index (χ1v) is 3.81. The molecule has 0 unspecified atom stereocenters. The van der Waals surface area contributed by atoms with Crippen LogP contribution in [-0.4, -0.2) is 11.1 Å². The molecule has 12 heavy (non-hydrogen) atoms. The minimum atomic E-state index is -0.896. The summed E-state index contributed by atoms with van der Waals surface area (Å²) in [6.07, 6.45) is 0. The average molecular weight is 233 g/mol. The van der Waals surface area contributed by atoms with Crippen LogP contribution in [0.2, 0.25) is 0 Å². The SMILES string of the molecule is NN.O=C(O)c1ccc(Br)cc1. The van der Waals surface area contributed by atoms with E-state index in [2.05, 4.69) is 27.6 Å². The van der Waals surface area contributed by atoms with Crippen LogP contribution in [-0.2, 0) is 0 Å². The molecule has 1 aromatic carbocycles. The summed E-state index contributed by atoms with van der Waals surface area (Å²) >= 11 is 3.20. The van der Waals surface area contributed by atoms with Crippen molar-refractivity contribution in [2.75, 3.05) is 0 Å². The molecule has 1 aromatic rings. The normalized spacial score (nSPS) is 8.25. The second-order valence-electron chi connectivity index (χ2n) is 1.81. The molecule has 0 aromatic heterocycles. The van der Waals surface area contributed by atoms with Crippen LogP contribution in [0.3, 0.4) is 0 Å². The van der Waals surface area contributed by atoms with Gasteiger partial charge in [-0.2, -0.15) is 0 Å². The highest BCUT2D eigenvalue weighted by Crippen LogP contribution is 2.09. The predicted octanol–water partition coefficient (Wildman–Crippen LogP) is 0.966. The van der Waals surface area contributed by atoms with Crippen LogP contribution in [0.25, 0.3) is 0 Å². The molecule has 0 amide bonds. The Labute approximate surface area is 78.3 Å². The van der Waals surface area contributed by atoms with Gasteiger partial charge in [-0.15, -0.1) is 0 Å². The Balaban J connectivity index is 0.000000561. The van der Waals surface area contributed by atoms with Crippen LogP contribution in [0, 0.1) is 0 Å². The van der Waals surface area contributed by atoms with Crippen LogP contribution in [0.5, 0.6) is 0 Å². The second-order valence-corrected chi connectivity index (χ2v) is 2.73. The number of hydrazine groups is 1. The standard InChI is InChI=1S/C7H5BrO2.H4N2/c8-6-3-1-5(2-4-6)7(9)10;1-2/h1-4H,(H,9,10);1-2H2. The Morgan fingerprint density at radius 1 is 1.25 bits per heavy atom. The minimum Gasteiger partial charge on any atom is -0.478 e. The van der Waals surface area contributed by atoms with Gasteiger partial charge in [0.15, 0.2) is 0 Å². The lowest BCUT2D eigenvalue weighted by Gasteiger charge is -1.91. The van der Waals surface area contributed by atoms with Gasteiger partial charge in [-0.3, -0.25) is 11.7 Å². The summed E-state index contributed by atoms with van der Waals surface area (Å²) in [5.41, 5.74) is 0.309. The second kappa shape index (κ2) is 5.70. The van der Waals surface area contributed by atoms with E-state index < -0.39 is 5.97 Å². The van der Waals surface area contributed by atoms with E-state index in [1.165, 1.54) is 0 Å². The summed E-state index contributed by atoms with van der Waals surface area (Å²) in [5.74, 6) is 7.10. The number of carbonyl (C=O) groups is 1. The van der Waals surface area contributed by atoms with Crippen molar-refractivity contribution in [1.82, 2.24) is 0 Å². The first-order chi connectivity index (χ1) is 5.70. The molecule has 0 aliphatic heterocycles. The maximum atomic E-state index is 10.3. The highest BCUT2D eigenvalue weighted by molar-refractivity contribution is 9.10. The van der Waals surface area contributed by atoms with Crippen molar-refractivity contribution in [1.29, 1.82) is 0 Å². The van der Waals surface area contributed by atoms with Crippen molar-refractivity contribution in [3.63, 3.8) is 0 Å². The summed E-state index contributed by atoms with van der Waals surface area (Å²) in [7, 11) is 0. The number of carboxylic acid groups (broad SMARTS) is 1. The van der Waals surface area contributed by atoms with E-state index in [1.54, 1.807) is 24.3 Å². The first-order valence-electron chi connectivity index (χ1n) is 3.02. The molecule has 5 heteroatoms. The highest BCUT2D eigenvalue weighted by atomic mass is 79.9. The van der Waals surface area contributed by atoms with Gasteiger partial charge in [0.05, 0.1) is 5.56 Å². The number of rotatable bonds is 1. The molecular weight excluding hydrogens is 224 g/mol. The summed E-state index contributed by atoms with van der Waals surface area (Å²) < 4.78 is 0.887. The van der Waals surface area contributed by atoms with E-state index in [0.29, 0.717) is 5.56 Å². The zero-order valence-corrected chi connectivity index (χ0v) is 7.78. The Bertz CT molecular complexity index is 248. The van der Waals surface area contributed by atoms with Crippen LogP contribution in [0.15, 0.2) is 28.7 Å². The molecule has 0 radical (unpaired) electrons. The zero-order chi connectivity index (χ0) is 9.56. The van der Waals surface area contributed by atoms with Gasteiger partial charge in [0, 0.05) is 4.47 Å². The summed E-state index contributed by atoms with van der Waals surface area (Å²) in [5, 5.41) is 8.46. The van der Waals surface area contributed by atoms with Gasteiger partial charge in [-0.1, -0.05) is 15.9 Å². The molecule has 0 saturated carbocycles. The largest absolute Gasteiger partial charge is 0.478 e. The van der Waals surface area contributed by atoms with E-state index in [4.69, 9.17) is 5.11 Å². The number of hydrogen-bond acceptors (Lipinski definition) is 3. The van der Waals surface area contributed by atoms with E-state index in [9.17, 15) is 4.79 Å². The monoisotopic (exact) mass is 232 g/mol. The molecule has 5 N–H and O–H groups in total. The Morgan fingerprint density at radius 2 is 1.67 bits per heavy atom. The topological polar surface area (TPSA) is 89.3 Å². The number of nitrogens with two attached hydrogens (primary N) is 2. The number of hydrogen-bond donors (Lipinski definition) is 3. The maximum absolute atomic E-state index is 10.3. The Morgan fingerprint density at radius 3 is 2.00 bits per heavy atom. The molecule has 0 aliphatic rings. The number of benzene rings is 1. The molecule has 0 heterocycles. The van der Waals surface area contributed by atoms with Gasteiger partial charge in [-0.05, 0) is 24.3 Å². The quantitative estimate of drug-likeness (QED) is 0.498. The predicted molar refractivity (Wildman–Crippen MR) is 49.5 cm³/mol. The third-order valence-corrected chi connectivity index (χ3v) is 1.62. The summed E-state index contributed by atoms with van der Waals surface area (Å²) in [6, 6.07) is 6.49. The highest BCUT2D eigenvalue weighted by Gasteiger charge is 1.98. The Hall–Kier alpha value is -0.910. The van der Waals surface area contributed by atoms with Gasteiger partial charge in [0.1, 0.15) is 0 Å². The number of halogens is 1. The Kier molecular flexibility index (Phi) is 5.27. The van der Waals surface area contributed by atoms with E-state index in [0.717, 1.165) is 4.47 Å². The average Bonchev–Trinajstić information content (AvgIpc) is 2.09. The van der Waals surface area contributed by atoms with Crippen LogP contribution in [0.4, 0.5) is 0 Å². The molecule has 0 aliphatic carbocycles. The molecule has 66 valence electrons. The molecule has 0 fully saturated rings. The van der Waals surface area contributed by atoms with Crippen LogP contribution in [0.1, 0.15) is 10.4 Å². The molecule has 0 saturated heterocycles. The molecule has 4 nitrogen and oxygen atoms in total. The van der Waals surface area contributed by atoms with Gasteiger partial charge in [0.25, 0.3) is 0 Å². The summed E-state index contributed by atoms with van der Waals surface area (Å²) in [6.45, 7) is 0. The molecule has 0 atom stereocenters. The van der Waals surface area contributed by atoms with Crippen molar-refractivity contribution in [2.45, 2.75) is 0 Å². The lowest BCUT2D eigenvalue weighted by atomic mass is 10.2. The molecular formula is C7H9BrN2O2. The van der Waals surface area contributed by atoms with Crippen molar-refractivity contribution < 1.29 is 9.90 Å². The lowest BCUT2D eigenvalue weighted by Crippen LogP contribution is -2.02. The van der Waals surface area contributed by atoms with Crippen LogP contribution >= 0.6 is 15.9 Å². The van der Waals surface area contributed by atoms with Crippen molar-refractivity contribution in [2.24, 2.45) is 11.7 Å². The van der Waals surface area contributed by atoms with E-state index in [-0.39, 0.29) is 0 Å². The zero-order valence-electron chi connectivity index (χ0n) is 6.20. The third-order valence-electron chi connectivity index (χ3n) is 1.09. The summed E-state index contributed by atoms with van der Waals surface area (Å²) in [4.78, 5) is 10.3. The molecule has 0 spiro atoms. The molecule has 1 rings (SSSR count). The third kappa shape index (κ3) is 3.47. The van der Waals surface area contributed by atoms with Gasteiger partial charge in [-0.25, -0.2) is 4.79 Å². The van der Waals surface area contributed by atoms with Crippen molar-refractivity contribution in [3.8, 4) is 0 Å². The fourth-order valence-corrected chi connectivity index (χ4v) is 0.857. The fraction of sp³-hybridized carbons (Fsp3) is 0. The van der Waals surface area contributed by atoms with Gasteiger partial charge < -0.3 is 5.11 Å². The van der Waals surface area contributed by atoms with E-state index in [1.807, 2.05) is 0 Å². The van der Waals surface area contributed by atoms with Crippen LogP contribution < -0.4 is 11.7 Å². The maximum Gasteiger partial charge on any atom is 0.335 e. The van der Waals surface area contributed by atoms with E-state index >= 15 is 0 Å². The van der Waals surface area contributed by atoms with Gasteiger partial charge >= 0.3 is 5.97 Å². The number of aromatic carboxylic acids is 1. The van der Waals surface area contributed by atoms with Crippen molar-refractivity contribution in [3.05, 3.63) is 34.3 Å². The number of carboxylic acids is 1. The first kappa shape index (κ1) is 11.1. The lowest BCUT2D eigenvalue weighted by molar-refractivity contribution is 0.0697. The smallest absolute Gasteiger partial charge is 0.335 e. The fourth-order valence-electron chi connectivity index (χ4n) is 0.592.